The van der Waals surface area contributed by atoms with E-state index < -0.39 is 10.1 Å². The fourth-order valence-electron chi connectivity index (χ4n) is 2.00. The van der Waals surface area contributed by atoms with Crippen LogP contribution < -0.4 is 4.18 Å². The smallest absolute Gasteiger partial charge is 0.339 e. The molecule has 0 bridgehead atoms. The largest absolute Gasteiger partial charge is 0.379 e. The molecule has 2 aromatic rings. The van der Waals surface area contributed by atoms with Gasteiger partial charge in [-0.25, -0.2) is 0 Å². The molecule has 3 nitrogen and oxygen atoms in total. The van der Waals surface area contributed by atoms with Crippen LogP contribution in [-0.4, -0.2) is 8.42 Å². The van der Waals surface area contributed by atoms with Crippen molar-refractivity contribution in [1.82, 2.24) is 0 Å². The monoisotopic (exact) mass is 290 g/mol. The van der Waals surface area contributed by atoms with Gasteiger partial charge in [-0.1, -0.05) is 50.2 Å². The van der Waals surface area contributed by atoms with Crippen molar-refractivity contribution in [3.63, 3.8) is 0 Å². The van der Waals surface area contributed by atoms with E-state index in [9.17, 15) is 8.42 Å². The first-order valence-corrected chi connectivity index (χ1v) is 7.91. The number of para-hydroxylation sites is 1. The van der Waals surface area contributed by atoms with Gasteiger partial charge < -0.3 is 4.18 Å². The third-order valence-corrected chi connectivity index (χ3v) is 4.41. The lowest BCUT2D eigenvalue weighted by atomic mass is 10.0. The standard InChI is InChI=1S/C16H18O3S/c1-12(2)14-9-5-7-11-16(14)20(17,18)19-15-10-6-4-8-13(15)3/h4-12H,1-3H3. The van der Waals surface area contributed by atoms with Crippen molar-refractivity contribution in [2.45, 2.75) is 31.6 Å². The Balaban J connectivity index is 2.44. The Hall–Kier alpha value is -1.81. The SMILES string of the molecule is Cc1ccccc1OS(=O)(=O)c1ccccc1C(C)C. The molecule has 0 heterocycles. The highest BCUT2D eigenvalue weighted by atomic mass is 32.2. The van der Waals surface area contributed by atoms with Gasteiger partial charge >= 0.3 is 10.1 Å². The Labute approximate surface area is 120 Å². The fraction of sp³-hybridized carbons (Fsp3) is 0.250. The third-order valence-electron chi connectivity index (χ3n) is 3.10. The summed E-state index contributed by atoms with van der Waals surface area (Å²) in [5.41, 5.74) is 1.55. The summed E-state index contributed by atoms with van der Waals surface area (Å²) in [6.45, 7) is 5.74. The summed E-state index contributed by atoms with van der Waals surface area (Å²) in [5.74, 6) is 0.479. The van der Waals surface area contributed by atoms with Crippen LogP contribution in [0.5, 0.6) is 5.75 Å². The average Bonchev–Trinajstić information content (AvgIpc) is 2.41. The highest BCUT2D eigenvalue weighted by molar-refractivity contribution is 7.87. The van der Waals surface area contributed by atoms with Gasteiger partial charge in [0.2, 0.25) is 0 Å². The molecule has 0 radical (unpaired) electrons. The Morgan fingerprint density at radius 2 is 1.55 bits per heavy atom. The van der Waals surface area contributed by atoms with E-state index in [-0.39, 0.29) is 10.8 Å². The minimum absolute atomic E-state index is 0.112. The zero-order valence-electron chi connectivity index (χ0n) is 11.8. The molecule has 106 valence electrons. The van der Waals surface area contributed by atoms with Gasteiger partial charge in [0.15, 0.2) is 0 Å². The Kier molecular flexibility index (Phi) is 4.14. The molecule has 0 amide bonds. The van der Waals surface area contributed by atoms with E-state index in [2.05, 4.69) is 0 Å². The Morgan fingerprint density at radius 1 is 0.950 bits per heavy atom. The van der Waals surface area contributed by atoms with Gasteiger partial charge in [-0.3, -0.25) is 0 Å². The molecule has 0 unspecified atom stereocenters. The van der Waals surface area contributed by atoms with Crippen LogP contribution in [0.1, 0.15) is 30.9 Å². The summed E-state index contributed by atoms with van der Waals surface area (Å²) < 4.78 is 30.2. The van der Waals surface area contributed by atoms with Crippen LogP contribution in [0.2, 0.25) is 0 Å². The molecule has 0 aliphatic rings. The normalized spacial score (nSPS) is 11.6. The van der Waals surface area contributed by atoms with Crippen LogP contribution >= 0.6 is 0 Å². The van der Waals surface area contributed by atoms with Gasteiger partial charge in [-0.2, -0.15) is 8.42 Å². The maximum absolute atomic E-state index is 12.5. The topological polar surface area (TPSA) is 43.4 Å². The van der Waals surface area contributed by atoms with E-state index in [0.29, 0.717) is 5.75 Å². The lowest BCUT2D eigenvalue weighted by Gasteiger charge is -2.14. The number of aryl methyl sites for hydroxylation is 1. The molecular weight excluding hydrogens is 272 g/mol. The maximum Gasteiger partial charge on any atom is 0.339 e. The van der Waals surface area contributed by atoms with Crippen LogP contribution in [0.3, 0.4) is 0 Å². The van der Waals surface area contributed by atoms with Gasteiger partial charge in [0.05, 0.1) is 0 Å². The average molecular weight is 290 g/mol. The first-order valence-electron chi connectivity index (χ1n) is 6.51. The molecule has 0 saturated heterocycles. The van der Waals surface area contributed by atoms with Gasteiger partial charge in [-0.15, -0.1) is 0 Å². The second-order valence-corrected chi connectivity index (χ2v) is 6.51. The van der Waals surface area contributed by atoms with Crippen LogP contribution in [0.4, 0.5) is 0 Å². The first-order chi connectivity index (χ1) is 9.42. The quantitative estimate of drug-likeness (QED) is 0.802. The van der Waals surface area contributed by atoms with Gasteiger partial charge in [-0.05, 0) is 36.1 Å². The van der Waals surface area contributed by atoms with E-state index in [1.807, 2.05) is 45.0 Å². The van der Waals surface area contributed by atoms with Crippen molar-refractivity contribution >= 4 is 10.1 Å². The molecule has 0 aliphatic carbocycles. The molecule has 0 aliphatic heterocycles. The summed E-state index contributed by atoms with van der Waals surface area (Å²) in [4.78, 5) is 0.234. The van der Waals surface area contributed by atoms with Crippen LogP contribution in [0.25, 0.3) is 0 Å². The summed E-state index contributed by atoms with van der Waals surface area (Å²) in [6, 6.07) is 14.0. The lowest BCUT2D eigenvalue weighted by molar-refractivity contribution is 0.482. The number of hydrogen-bond acceptors (Lipinski definition) is 3. The highest BCUT2D eigenvalue weighted by Crippen LogP contribution is 2.27. The number of benzene rings is 2. The van der Waals surface area contributed by atoms with Gasteiger partial charge in [0.25, 0.3) is 0 Å². The minimum Gasteiger partial charge on any atom is -0.379 e. The van der Waals surface area contributed by atoms with Crippen LogP contribution in [-0.2, 0) is 10.1 Å². The molecule has 0 spiro atoms. The summed E-state index contributed by atoms with van der Waals surface area (Å²) >= 11 is 0. The second-order valence-electron chi connectivity index (χ2n) is 5.00. The molecule has 0 N–H and O–H groups in total. The van der Waals surface area contributed by atoms with Crippen molar-refractivity contribution in [2.24, 2.45) is 0 Å². The predicted molar refractivity (Wildman–Crippen MR) is 79.5 cm³/mol. The van der Waals surface area contributed by atoms with Gasteiger partial charge in [0.1, 0.15) is 10.6 Å². The molecular formula is C16H18O3S. The Morgan fingerprint density at radius 3 is 2.20 bits per heavy atom. The molecule has 20 heavy (non-hydrogen) atoms. The second kappa shape index (κ2) is 5.67. The van der Waals surface area contributed by atoms with Crippen molar-refractivity contribution in [1.29, 1.82) is 0 Å². The molecule has 4 heteroatoms. The molecule has 0 aromatic heterocycles. The van der Waals surface area contributed by atoms with E-state index in [4.69, 9.17) is 4.18 Å². The van der Waals surface area contributed by atoms with E-state index in [1.54, 1.807) is 24.3 Å². The van der Waals surface area contributed by atoms with E-state index >= 15 is 0 Å². The Bertz CT molecular complexity index is 703. The zero-order valence-corrected chi connectivity index (χ0v) is 12.6. The zero-order chi connectivity index (χ0) is 14.8. The fourth-order valence-corrected chi connectivity index (χ4v) is 3.35. The van der Waals surface area contributed by atoms with E-state index in [0.717, 1.165) is 11.1 Å². The van der Waals surface area contributed by atoms with Crippen molar-refractivity contribution in [3.8, 4) is 5.75 Å². The molecule has 2 rings (SSSR count). The van der Waals surface area contributed by atoms with Gasteiger partial charge in [0, 0.05) is 0 Å². The number of hydrogen-bond donors (Lipinski definition) is 0. The third kappa shape index (κ3) is 3.02. The van der Waals surface area contributed by atoms with Crippen molar-refractivity contribution in [2.75, 3.05) is 0 Å². The van der Waals surface area contributed by atoms with Crippen LogP contribution in [0, 0.1) is 6.92 Å². The summed E-state index contributed by atoms with van der Waals surface area (Å²) in [7, 11) is -3.81. The first kappa shape index (κ1) is 14.6. The lowest BCUT2D eigenvalue weighted by Crippen LogP contribution is -2.13. The van der Waals surface area contributed by atoms with Crippen LogP contribution in [0.15, 0.2) is 53.4 Å². The van der Waals surface area contributed by atoms with E-state index in [1.165, 1.54) is 0 Å². The molecule has 0 saturated carbocycles. The summed E-state index contributed by atoms with van der Waals surface area (Å²) in [5, 5.41) is 0. The predicted octanol–water partition coefficient (Wildman–Crippen LogP) is 3.89. The van der Waals surface area contributed by atoms with Crippen molar-refractivity contribution < 1.29 is 12.6 Å². The molecule has 2 aromatic carbocycles. The molecule has 0 fully saturated rings. The summed E-state index contributed by atoms with van der Waals surface area (Å²) in [6.07, 6.45) is 0. The molecule has 0 atom stereocenters. The minimum atomic E-state index is -3.81. The van der Waals surface area contributed by atoms with Crippen molar-refractivity contribution in [3.05, 3.63) is 59.7 Å². The maximum atomic E-state index is 12.5. The number of rotatable bonds is 4. The highest BCUT2D eigenvalue weighted by Gasteiger charge is 2.22.